The molecular formula is C19H21NO2. The molecule has 0 unspecified atom stereocenters. The second kappa shape index (κ2) is 6.65. The van der Waals surface area contributed by atoms with Gasteiger partial charge < -0.3 is 9.64 Å². The van der Waals surface area contributed by atoms with Crippen LogP contribution in [-0.4, -0.2) is 31.0 Å². The summed E-state index contributed by atoms with van der Waals surface area (Å²) in [7, 11) is 1.67. The minimum absolute atomic E-state index is 0.120. The first-order valence-corrected chi connectivity index (χ1v) is 7.81. The molecule has 22 heavy (non-hydrogen) atoms. The molecule has 114 valence electrons. The predicted octanol–water partition coefficient (Wildman–Crippen LogP) is 3.87. The van der Waals surface area contributed by atoms with Gasteiger partial charge in [0.1, 0.15) is 5.75 Å². The number of piperidine rings is 1. The van der Waals surface area contributed by atoms with Crippen molar-refractivity contribution in [3.63, 3.8) is 0 Å². The zero-order valence-electron chi connectivity index (χ0n) is 12.9. The van der Waals surface area contributed by atoms with Gasteiger partial charge in [-0.05, 0) is 59.9 Å². The number of nitrogens with zero attached hydrogens (tertiary/aromatic N) is 1. The number of hydrogen-bond acceptors (Lipinski definition) is 2. The second-order valence-electron chi connectivity index (χ2n) is 5.69. The van der Waals surface area contributed by atoms with E-state index in [9.17, 15) is 4.79 Å². The Labute approximate surface area is 131 Å². The highest BCUT2D eigenvalue weighted by Crippen LogP contribution is 2.22. The van der Waals surface area contributed by atoms with Crippen molar-refractivity contribution in [1.82, 2.24) is 4.90 Å². The first-order valence-electron chi connectivity index (χ1n) is 7.81. The standard InChI is InChI=1S/C19H21NO2/c1-22-18-9-8-16-13-15(5-7-17(16)14-18)6-10-19(21)20-11-3-2-4-12-20/h5-10,13-14H,2-4,11-12H2,1H3/b10-6+. The van der Waals surface area contributed by atoms with Crippen molar-refractivity contribution in [1.29, 1.82) is 0 Å². The van der Waals surface area contributed by atoms with E-state index in [0.717, 1.165) is 48.0 Å². The van der Waals surface area contributed by atoms with Gasteiger partial charge in [-0.2, -0.15) is 0 Å². The normalized spacial score (nSPS) is 15.4. The Morgan fingerprint density at radius 2 is 1.77 bits per heavy atom. The lowest BCUT2D eigenvalue weighted by Gasteiger charge is -2.25. The van der Waals surface area contributed by atoms with Crippen LogP contribution in [0.25, 0.3) is 16.8 Å². The third kappa shape index (κ3) is 3.30. The van der Waals surface area contributed by atoms with Gasteiger partial charge >= 0.3 is 0 Å². The van der Waals surface area contributed by atoms with Gasteiger partial charge in [-0.1, -0.05) is 18.2 Å². The predicted molar refractivity (Wildman–Crippen MR) is 90.0 cm³/mol. The Balaban J connectivity index is 1.75. The maximum atomic E-state index is 12.1. The summed E-state index contributed by atoms with van der Waals surface area (Å²) in [6.45, 7) is 1.78. The summed E-state index contributed by atoms with van der Waals surface area (Å²) in [5.74, 6) is 0.977. The Morgan fingerprint density at radius 3 is 2.55 bits per heavy atom. The van der Waals surface area contributed by atoms with Crippen LogP contribution in [0.5, 0.6) is 5.75 Å². The molecule has 1 aliphatic heterocycles. The van der Waals surface area contributed by atoms with Gasteiger partial charge in [0.25, 0.3) is 0 Å². The molecule has 2 aromatic carbocycles. The molecule has 0 aliphatic carbocycles. The molecule has 1 amide bonds. The fourth-order valence-electron chi connectivity index (χ4n) is 2.86. The van der Waals surface area contributed by atoms with Gasteiger partial charge in [0, 0.05) is 19.2 Å². The summed E-state index contributed by atoms with van der Waals surface area (Å²) in [6.07, 6.45) is 7.08. The van der Waals surface area contributed by atoms with Crippen molar-refractivity contribution in [3.05, 3.63) is 48.0 Å². The molecule has 3 nitrogen and oxygen atoms in total. The number of benzene rings is 2. The number of carbonyl (C=O) groups excluding carboxylic acids is 1. The first kappa shape index (κ1) is 14.6. The Morgan fingerprint density at radius 1 is 1.05 bits per heavy atom. The van der Waals surface area contributed by atoms with E-state index < -0.39 is 0 Å². The number of amides is 1. The van der Waals surface area contributed by atoms with E-state index >= 15 is 0 Å². The van der Waals surface area contributed by atoms with E-state index in [4.69, 9.17) is 4.74 Å². The molecule has 1 saturated heterocycles. The van der Waals surface area contributed by atoms with Crippen LogP contribution in [0.2, 0.25) is 0 Å². The summed E-state index contributed by atoms with van der Waals surface area (Å²) in [6, 6.07) is 12.2. The maximum Gasteiger partial charge on any atom is 0.246 e. The topological polar surface area (TPSA) is 29.5 Å². The number of rotatable bonds is 3. The molecule has 1 fully saturated rings. The number of methoxy groups -OCH3 is 1. The quantitative estimate of drug-likeness (QED) is 0.804. The molecule has 0 saturated carbocycles. The molecule has 1 aliphatic rings. The van der Waals surface area contributed by atoms with Gasteiger partial charge in [-0.15, -0.1) is 0 Å². The van der Waals surface area contributed by atoms with Gasteiger partial charge in [-0.3, -0.25) is 4.79 Å². The van der Waals surface area contributed by atoms with Crippen molar-refractivity contribution in [2.75, 3.05) is 20.2 Å². The average Bonchev–Trinajstić information content (AvgIpc) is 2.59. The minimum atomic E-state index is 0.120. The van der Waals surface area contributed by atoms with Crippen LogP contribution < -0.4 is 4.74 Å². The summed E-state index contributed by atoms with van der Waals surface area (Å²) >= 11 is 0. The zero-order chi connectivity index (χ0) is 15.4. The summed E-state index contributed by atoms with van der Waals surface area (Å²) < 4.78 is 5.23. The summed E-state index contributed by atoms with van der Waals surface area (Å²) in [5.41, 5.74) is 1.04. The lowest BCUT2D eigenvalue weighted by molar-refractivity contribution is -0.126. The lowest BCUT2D eigenvalue weighted by atomic mass is 10.1. The number of likely N-dealkylation sites (tertiary alicyclic amines) is 1. The number of carbonyl (C=O) groups is 1. The molecule has 0 N–H and O–H groups in total. The Bertz CT molecular complexity index is 700. The Kier molecular flexibility index (Phi) is 4.42. The van der Waals surface area contributed by atoms with E-state index in [2.05, 4.69) is 12.1 Å². The minimum Gasteiger partial charge on any atom is -0.497 e. The maximum absolute atomic E-state index is 12.1. The average molecular weight is 295 g/mol. The van der Waals surface area contributed by atoms with Gasteiger partial charge in [0.15, 0.2) is 0 Å². The van der Waals surface area contributed by atoms with E-state index in [0.29, 0.717) is 0 Å². The summed E-state index contributed by atoms with van der Waals surface area (Å²) in [4.78, 5) is 14.1. The monoisotopic (exact) mass is 295 g/mol. The van der Waals surface area contributed by atoms with E-state index in [-0.39, 0.29) is 5.91 Å². The molecular weight excluding hydrogens is 274 g/mol. The Hall–Kier alpha value is -2.29. The van der Waals surface area contributed by atoms with Gasteiger partial charge in [0.2, 0.25) is 5.91 Å². The van der Waals surface area contributed by atoms with Crippen molar-refractivity contribution >= 4 is 22.8 Å². The van der Waals surface area contributed by atoms with Crippen LogP contribution in [0.3, 0.4) is 0 Å². The highest BCUT2D eigenvalue weighted by Gasteiger charge is 2.13. The molecule has 3 heteroatoms. The zero-order valence-corrected chi connectivity index (χ0v) is 12.9. The van der Waals surface area contributed by atoms with Crippen LogP contribution in [0, 0.1) is 0 Å². The van der Waals surface area contributed by atoms with Gasteiger partial charge in [0.05, 0.1) is 7.11 Å². The molecule has 0 atom stereocenters. The van der Waals surface area contributed by atoms with Crippen LogP contribution >= 0.6 is 0 Å². The van der Waals surface area contributed by atoms with E-state index in [1.807, 2.05) is 35.2 Å². The third-order valence-electron chi connectivity index (χ3n) is 4.16. The van der Waals surface area contributed by atoms with Crippen LogP contribution in [0.15, 0.2) is 42.5 Å². The lowest BCUT2D eigenvalue weighted by Crippen LogP contribution is -2.34. The van der Waals surface area contributed by atoms with Crippen LogP contribution in [0.1, 0.15) is 24.8 Å². The largest absolute Gasteiger partial charge is 0.497 e. The van der Waals surface area contributed by atoms with E-state index in [1.54, 1.807) is 13.2 Å². The molecule has 0 aromatic heterocycles. The van der Waals surface area contributed by atoms with Crippen molar-refractivity contribution in [2.45, 2.75) is 19.3 Å². The second-order valence-corrected chi connectivity index (χ2v) is 5.69. The fourth-order valence-corrected chi connectivity index (χ4v) is 2.86. The highest BCUT2D eigenvalue weighted by molar-refractivity contribution is 5.93. The van der Waals surface area contributed by atoms with E-state index in [1.165, 1.54) is 6.42 Å². The fraction of sp³-hybridized carbons (Fsp3) is 0.316. The highest BCUT2D eigenvalue weighted by atomic mass is 16.5. The molecule has 0 bridgehead atoms. The van der Waals surface area contributed by atoms with Gasteiger partial charge in [-0.25, -0.2) is 0 Å². The number of hydrogen-bond donors (Lipinski definition) is 0. The van der Waals surface area contributed by atoms with Crippen molar-refractivity contribution in [3.8, 4) is 5.75 Å². The molecule has 0 radical (unpaired) electrons. The first-order chi connectivity index (χ1) is 10.8. The molecule has 3 rings (SSSR count). The SMILES string of the molecule is COc1ccc2cc(/C=C/C(=O)N3CCCCC3)ccc2c1. The van der Waals surface area contributed by atoms with Crippen molar-refractivity contribution in [2.24, 2.45) is 0 Å². The van der Waals surface area contributed by atoms with Crippen LogP contribution in [-0.2, 0) is 4.79 Å². The number of fused-ring (bicyclic) bond motifs is 1. The molecule has 2 aromatic rings. The summed E-state index contributed by atoms with van der Waals surface area (Å²) in [5, 5.41) is 2.28. The number of ether oxygens (including phenoxy) is 1. The third-order valence-corrected chi connectivity index (χ3v) is 4.16. The molecule has 0 spiro atoms. The van der Waals surface area contributed by atoms with Crippen molar-refractivity contribution < 1.29 is 9.53 Å². The smallest absolute Gasteiger partial charge is 0.246 e. The van der Waals surface area contributed by atoms with Crippen LogP contribution in [0.4, 0.5) is 0 Å². The molecule has 1 heterocycles.